The van der Waals surface area contributed by atoms with Gasteiger partial charge in [0.05, 0.1) is 0 Å². The van der Waals surface area contributed by atoms with Crippen LogP contribution in [0.25, 0.3) is 0 Å². The highest BCUT2D eigenvalue weighted by Crippen LogP contribution is 2.35. The van der Waals surface area contributed by atoms with Crippen molar-refractivity contribution < 1.29 is 0 Å². The third kappa shape index (κ3) is 6.43. The molecular formula is C6H18P4. The summed E-state index contributed by atoms with van der Waals surface area (Å²) in [5, 5.41) is 0. The van der Waals surface area contributed by atoms with Crippen LogP contribution in [0.4, 0.5) is 0 Å². The molecule has 0 N–H and O–H groups in total. The smallest absolute Gasteiger partial charge is 0.0291 e. The van der Waals surface area contributed by atoms with Gasteiger partial charge in [-0.05, 0) is 37.0 Å². The summed E-state index contributed by atoms with van der Waals surface area (Å²) in [5.41, 5.74) is 0. The lowest BCUT2D eigenvalue weighted by atomic mass is 10.9. The van der Waals surface area contributed by atoms with Crippen LogP contribution in [0.5, 0.6) is 0 Å². The van der Waals surface area contributed by atoms with E-state index in [0.717, 1.165) is 0 Å². The van der Waals surface area contributed by atoms with E-state index in [2.05, 4.69) is 27.7 Å². The zero-order chi connectivity index (χ0) is 7.82. The lowest BCUT2D eigenvalue weighted by molar-refractivity contribution is 1.38. The molecule has 3 atom stereocenters. The van der Waals surface area contributed by atoms with E-state index in [1.165, 1.54) is 37.0 Å². The van der Waals surface area contributed by atoms with Crippen molar-refractivity contribution in [2.24, 2.45) is 0 Å². The van der Waals surface area contributed by atoms with Crippen LogP contribution in [0.3, 0.4) is 0 Å². The van der Waals surface area contributed by atoms with Crippen LogP contribution in [0.1, 0.15) is 0 Å². The zero-order valence-corrected chi connectivity index (χ0v) is 10.8. The molecule has 0 aliphatic heterocycles. The molecule has 10 heavy (non-hydrogen) atoms. The molecule has 0 rings (SSSR count). The second-order valence-corrected chi connectivity index (χ2v) is 6.62. The van der Waals surface area contributed by atoms with Gasteiger partial charge in [-0.3, -0.25) is 0 Å². The Balaban J connectivity index is 3.30. The number of hydrogen-bond acceptors (Lipinski definition) is 0. The summed E-state index contributed by atoms with van der Waals surface area (Å²) in [7, 11) is 8.85. The highest BCUT2D eigenvalue weighted by molar-refractivity contribution is 7.58. The number of rotatable bonds is 6. The summed E-state index contributed by atoms with van der Waals surface area (Å²) >= 11 is 0. The Bertz CT molecular complexity index is 52.5. The van der Waals surface area contributed by atoms with E-state index in [9.17, 15) is 0 Å². The SMILES string of the molecule is PCCP(CCP)CCP. The lowest BCUT2D eigenvalue weighted by Gasteiger charge is -2.13. The standard InChI is InChI=1S/C6H18P4/c7-1-4-10(5-2-8)6-3-9/h1-9H2. The van der Waals surface area contributed by atoms with E-state index in [4.69, 9.17) is 0 Å². The Morgan fingerprint density at radius 1 is 0.700 bits per heavy atom. The first-order chi connectivity index (χ1) is 4.85. The van der Waals surface area contributed by atoms with Crippen molar-refractivity contribution in [1.29, 1.82) is 0 Å². The normalized spacial score (nSPS) is 10.8. The fraction of sp³-hybridized carbons (Fsp3) is 1.00. The molecule has 0 spiro atoms. The topological polar surface area (TPSA) is 0 Å². The van der Waals surface area contributed by atoms with Gasteiger partial charge in [0.2, 0.25) is 0 Å². The van der Waals surface area contributed by atoms with Crippen LogP contribution in [-0.2, 0) is 0 Å². The van der Waals surface area contributed by atoms with Gasteiger partial charge >= 0.3 is 0 Å². The van der Waals surface area contributed by atoms with Crippen molar-refractivity contribution >= 4 is 35.6 Å². The van der Waals surface area contributed by atoms with E-state index >= 15 is 0 Å². The first-order valence-electron chi connectivity index (χ1n) is 3.67. The fourth-order valence-electron chi connectivity index (χ4n) is 0.883. The molecule has 0 radical (unpaired) electrons. The maximum Gasteiger partial charge on any atom is -0.0291 e. The van der Waals surface area contributed by atoms with Gasteiger partial charge in [-0.1, -0.05) is 0 Å². The summed E-state index contributed by atoms with van der Waals surface area (Å²) in [6.07, 6.45) is 8.22. The molecule has 4 heteroatoms. The van der Waals surface area contributed by atoms with Gasteiger partial charge in [0, 0.05) is 0 Å². The third-order valence-corrected chi connectivity index (χ3v) is 6.33. The molecule has 3 unspecified atom stereocenters. The van der Waals surface area contributed by atoms with Crippen molar-refractivity contribution in [3.8, 4) is 0 Å². The maximum absolute atomic E-state index is 2.83. The van der Waals surface area contributed by atoms with Crippen LogP contribution in [0.15, 0.2) is 0 Å². The Hall–Kier alpha value is 1.72. The van der Waals surface area contributed by atoms with E-state index in [1.54, 1.807) is 0 Å². The molecule has 0 aromatic carbocycles. The quantitative estimate of drug-likeness (QED) is 0.594. The van der Waals surface area contributed by atoms with Gasteiger partial charge in [-0.2, -0.15) is 0 Å². The molecule has 0 saturated carbocycles. The van der Waals surface area contributed by atoms with Crippen molar-refractivity contribution in [3.05, 3.63) is 0 Å². The zero-order valence-electron chi connectivity index (χ0n) is 6.42. The summed E-state index contributed by atoms with van der Waals surface area (Å²) in [5.74, 6) is 0. The lowest BCUT2D eigenvalue weighted by Crippen LogP contribution is -1.97. The van der Waals surface area contributed by atoms with Crippen LogP contribution < -0.4 is 0 Å². The maximum atomic E-state index is 2.83. The fourth-order valence-corrected chi connectivity index (χ4v) is 5.94. The molecule has 0 aromatic heterocycles. The average molecular weight is 214 g/mol. The van der Waals surface area contributed by atoms with Crippen LogP contribution in [0, 0.1) is 0 Å². The Kier molecular flexibility index (Phi) is 10.3. The summed E-state index contributed by atoms with van der Waals surface area (Å²) < 4.78 is 0. The molecule has 0 aliphatic rings. The molecule has 62 valence electrons. The molecule has 0 bridgehead atoms. The Morgan fingerprint density at radius 3 is 1.20 bits per heavy atom. The predicted octanol–water partition coefficient (Wildman–Crippen LogP) is 2.09. The molecular weight excluding hydrogens is 196 g/mol. The average Bonchev–Trinajstić information content (AvgIpc) is 1.90. The van der Waals surface area contributed by atoms with Crippen LogP contribution in [0.2, 0.25) is 0 Å². The number of hydrogen-bond donors (Lipinski definition) is 0. The highest BCUT2D eigenvalue weighted by Gasteiger charge is 2.02. The van der Waals surface area contributed by atoms with Gasteiger partial charge in [-0.25, -0.2) is 0 Å². The van der Waals surface area contributed by atoms with E-state index < -0.39 is 0 Å². The van der Waals surface area contributed by atoms with Crippen LogP contribution in [-0.4, -0.2) is 37.0 Å². The van der Waals surface area contributed by atoms with Gasteiger partial charge in [0.15, 0.2) is 0 Å². The first kappa shape index (κ1) is 11.7. The molecule has 0 amide bonds. The van der Waals surface area contributed by atoms with E-state index in [-0.39, 0.29) is 0 Å². The van der Waals surface area contributed by atoms with Crippen molar-refractivity contribution in [3.63, 3.8) is 0 Å². The van der Waals surface area contributed by atoms with Gasteiger partial charge < -0.3 is 0 Å². The van der Waals surface area contributed by atoms with Crippen molar-refractivity contribution in [2.45, 2.75) is 0 Å². The van der Waals surface area contributed by atoms with Crippen LogP contribution >= 0.6 is 35.6 Å². The molecule has 0 saturated heterocycles. The van der Waals surface area contributed by atoms with E-state index in [1.807, 2.05) is 0 Å². The van der Waals surface area contributed by atoms with Crippen molar-refractivity contribution in [1.82, 2.24) is 0 Å². The molecule has 0 heterocycles. The summed E-state index contributed by atoms with van der Waals surface area (Å²) in [4.78, 5) is 0. The second kappa shape index (κ2) is 8.81. The minimum atomic E-state index is 0.377. The highest BCUT2D eigenvalue weighted by atomic mass is 31.1. The van der Waals surface area contributed by atoms with Gasteiger partial charge in [0.1, 0.15) is 0 Å². The third-order valence-electron chi connectivity index (χ3n) is 1.34. The summed E-state index contributed by atoms with van der Waals surface area (Å²) in [6.45, 7) is 0. The molecule has 0 aliphatic carbocycles. The minimum Gasteiger partial charge on any atom is -0.137 e. The van der Waals surface area contributed by atoms with Gasteiger partial charge in [-0.15, -0.1) is 35.6 Å². The Morgan fingerprint density at radius 2 is 1.00 bits per heavy atom. The van der Waals surface area contributed by atoms with Gasteiger partial charge in [0.25, 0.3) is 0 Å². The van der Waals surface area contributed by atoms with E-state index in [0.29, 0.717) is 7.92 Å². The first-order valence-corrected chi connectivity index (χ1v) is 8.02. The molecule has 0 fully saturated rings. The van der Waals surface area contributed by atoms with Crippen molar-refractivity contribution in [2.75, 3.05) is 37.0 Å². The largest absolute Gasteiger partial charge is 0.137 e. The molecule has 0 aromatic rings. The predicted molar refractivity (Wildman–Crippen MR) is 65.3 cm³/mol. The Labute approximate surface area is 73.1 Å². The minimum absolute atomic E-state index is 0.377. The second-order valence-electron chi connectivity index (χ2n) is 2.21. The monoisotopic (exact) mass is 214 g/mol. The molecule has 0 nitrogen and oxygen atoms in total. The summed E-state index contributed by atoms with van der Waals surface area (Å²) in [6, 6.07) is 0.